The molecule has 0 saturated heterocycles. The fraction of sp³-hybridized carbons (Fsp3) is 0.0667. The van der Waals surface area contributed by atoms with Gasteiger partial charge in [-0.3, -0.25) is 0 Å². The standard InChI is InChI=1S/C30H23N3S3/c1-4-28(31-7-1)25-16-34-13-22(25)19-10-20(23-14-35-17-26(23)29-5-2-8-32-29)12-21(11-19)24-15-36-18-27(24)30-6-3-9-33-30/h1-5,7-18,30-33H,6H2. The van der Waals surface area contributed by atoms with Crippen LogP contribution in [0, 0.1) is 0 Å². The van der Waals surface area contributed by atoms with Crippen molar-refractivity contribution in [3.63, 3.8) is 0 Å². The molecule has 3 nitrogen and oxygen atoms in total. The Labute approximate surface area is 221 Å². The van der Waals surface area contributed by atoms with Crippen LogP contribution < -0.4 is 5.32 Å². The molecule has 0 fully saturated rings. The Kier molecular flexibility index (Phi) is 5.50. The van der Waals surface area contributed by atoms with Gasteiger partial charge in [-0.05, 0) is 104 Å². The number of H-pyrrole nitrogens is 2. The van der Waals surface area contributed by atoms with E-state index < -0.39 is 0 Å². The highest BCUT2D eigenvalue weighted by Crippen LogP contribution is 2.43. The minimum atomic E-state index is 0.338. The lowest BCUT2D eigenvalue weighted by molar-refractivity contribution is 0.678. The van der Waals surface area contributed by atoms with Crippen LogP contribution in [0.4, 0.5) is 0 Å². The van der Waals surface area contributed by atoms with Gasteiger partial charge in [0.2, 0.25) is 0 Å². The Balaban J connectivity index is 1.42. The van der Waals surface area contributed by atoms with Gasteiger partial charge in [0.25, 0.3) is 0 Å². The van der Waals surface area contributed by atoms with Crippen LogP contribution in [0.1, 0.15) is 18.0 Å². The van der Waals surface area contributed by atoms with Gasteiger partial charge in [0, 0.05) is 56.8 Å². The number of hydrogen-bond donors (Lipinski definition) is 3. The molecule has 6 aromatic rings. The maximum Gasteiger partial charge on any atom is 0.0557 e. The molecule has 1 aliphatic rings. The molecule has 7 rings (SSSR count). The summed E-state index contributed by atoms with van der Waals surface area (Å²) in [6, 6.07) is 15.8. The lowest BCUT2D eigenvalue weighted by atomic mass is 9.90. The number of benzene rings is 1. The fourth-order valence-electron chi connectivity index (χ4n) is 5.03. The molecule has 0 saturated carbocycles. The second-order valence-electron chi connectivity index (χ2n) is 8.96. The zero-order valence-electron chi connectivity index (χ0n) is 19.3. The SMILES string of the molecule is C1=CNC(c2cscc2-c2cc(-c3cscc3-c3ccc[nH]3)cc(-c3cscc3-c3ccc[nH]3)c2)C1. The highest BCUT2D eigenvalue weighted by atomic mass is 32.1. The number of aromatic nitrogens is 2. The van der Waals surface area contributed by atoms with Crippen molar-refractivity contribution in [2.45, 2.75) is 12.5 Å². The molecule has 1 aliphatic heterocycles. The summed E-state index contributed by atoms with van der Waals surface area (Å²) in [6.07, 6.45) is 9.31. The minimum Gasteiger partial charge on any atom is -0.384 e. The third kappa shape index (κ3) is 3.78. The third-order valence-corrected chi connectivity index (χ3v) is 9.07. The van der Waals surface area contributed by atoms with Crippen molar-refractivity contribution in [2.24, 2.45) is 0 Å². The molecule has 5 aromatic heterocycles. The molecule has 0 amide bonds. The number of thiophene rings is 3. The van der Waals surface area contributed by atoms with Crippen LogP contribution in [0.5, 0.6) is 0 Å². The highest BCUT2D eigenvalue weighted by molar-refractivity contribution is 7.09. The Bertz CT molecular complexity index is 1550. The number of rotatable bonds is 6. The summed E-state index contributed by atoms with van der Waals surface area (Å²) >= 11 is 5.29. The van der Waals surface area contributed by atoms with E-state index in [2.05, 4.69) is 102 Å². The minimum absolute atomic E-state index is 0.338. The summed E-state index contributed by atoms with van der Waals surface area (Å²) in [4.78, 5) is 6.80. The van der Waals surface area contributed by atoms with Crippen LogP contribution in [0.15, 0.2) is 99.4 Å². The van der Waals surface area contributed by atoms with Crippen molar-refractivity contribution in [1.82, 2.24) is 15.3 Å². The predicted molar refractivity (Wildman–Crippen MR) is 156 cm³/mol. The molecular weight excluding hydrogens is 499 g/mol. The van der Waals surface area contributed by atoms with E-state index in [0.29, 0.717) is 6.04 Å². The molecule has 176 valence electrons. The largest absolute Gasteiger partial charge is 0.384 e. The van der Waals surface area contributed by atoms with Crippen molar-refractivity contribution < 1.29 is 0 Å². The van der Waals surface area contributed by atoms with Crippen molar-refractivity contribution >= 4 is 34.0 Å². The molecule has 0 bridgehead atoms. The van der Waals surface area contributed by atoms with Gasteiger partial charge in [-0.2, -0.15) is 34.0 Å². The fourth-order valence-corrected chi connectivity index (χ4v) is 7.66. The molecule has 0 aliphatic carbocycles. The summed E-state index contributed by atoms with van der Waals surface area (Å²) in [5.41, 5.74) is 13.8. The molecule has 0 spiro atoms. The number of nitrogens with one attached hydrogen (secondary N) is 3. The van der Waals surface area contributed by atoms with E-state index in [1.807, 2.05) is 12.4 Å². The van der Waals surface area contributed by atoms with Crippen LogP contribution in [0.25, 0.3) is 55.9 Å². The van der Waals surface area contributed by atoms with E-state index in [1.165, 1.54) is 50.1 Å². The Morgan fingerprint density at radius 2 is 1.14 bits per heavy atom. The zero-order chi connectivity index (χ0) is 23.9. The van der Waals surface area contributed by atoms with Crippen LogP contribution in [-0.2, 0) is 0 Å². The van der Waals surface area contributed by atoms with Gasteiger partial charge in [-0.15, -0.1) is 0 Å². The quantitative estimate of drug-likeness (QED) is 0.201. The van der Waals surface area contributed by atoms with E-state index in [1.54, 1.807) is 34.0 Å². The van der Waals surface area contributed by atoms with Gasteiger partial charge >= 0.3 is 0 Å². The van der Waals surface area contributed by atoms with Gasteiger partial charge < -0.3 is 15.3 Å². The summed E-state index contributed by atoms with van der Waals surface area (Å²) in [7, 11) is 0. The van der Waals surface area contributed by atoms with Gasteiger partial charge in [0.05, 0.1) is 6.04 Å². The highest BCUT2D eigenvalue weighted by Gasteiger charge is 2.20. The van der Waals surface area contributed by atoms with Crippen LogP contribution in [0.3, 0.4) is 0 Å². The van der Waals surface area contributed by atoms with Crippen LogP contribution >= 0.6 is 34.0 Å². The van der Waals surface area contributed by atoms with E-state index in [-0.39, 0.29) is 0 Å². The maximum absolute atomic E-state index is 3.53. The average molecular weight is 522 g/mol. The first kappa shape index (κ1) is 21.7. The second-order valence-corrected chi connectivity index (χ2v) is 11.2. The molecule has 1 atom stereocenters. The smallest absolute Gasteiger partial charge is 0.0557 e. The van der Waals surface area contributed by atoms with E-state index in [4.69, 9.17) is 0 Å². The summed E-state index contributed by atoms with van der Waals surface area (Å²) < 4.78 is 0. The second kappa shape index (κ2) is 9.13. The Morgan fingerprint density at radius 3 is 1.67 bits per heavy atom. The normalized spacial score (nSPS) is 14.9. The molecule has 6 heteroatoms. The van der Waals surface area contributed by atoms with E-state index in [0.717, 1.165) is 17.8 Å². The van der Waals surface area contributed by atoms with Crippen molar-refractivity contribution in [2.75, 3.05) is 0 Å². The topological polar surface area (TPSA) is 43.6 Å². The molecule has 0 radical (unpaired) electrons. The average Bonchev–Trinajstić information content (AvgIpc) is 3.76. The summed E-state index contributed by atoms with van der Waals surface area (Å²) in [5, 5.41) is 17.2. The Hall–Kier alpha value is -3.58. The number of aromatic amines is 2. The molecule has 3 N–H and O–H groups in total. The van der Waals surface area contributed by atoms with Crippen LogP contribution in [-0.4, -0.2) is 9.97 Å². The molecule has 1 aromatic carbocycles. The van der Waals surface area contributed by atoms with Crippen molar-refractivity contribution in [3.8, 4) is 55.9 Å². The van der Waals surface area contributed by atoms with Gasteiger partial charge in [-0.25, -0.2) is 0 Å². The monoisotopic (exact) mass is 521 g/mol. The van der Waals surface area contributed by atoms with Gasteiger partial charge in [0.1, 0.15) is 0 Å². The first-order valence-corrected chi connectivity index (χ1v) is 14.7. The van der Waals surface area contributed by atoms with E-state index >= 15 is 0 Å². The number of hydrogen-bond acceptors (Lipinski definition) is 4. The summed E-state index contributed by atoms with van der Waals surface area (Å²) in [6.45, 7) is 0. The maximum atomic E-state index is 3.53. The van der Waals surface area contributed by atoms with Crippen LogP contribution in [0.2, 0.25) is 0 Å². The predicted octanol–water partition coefficient (Wildman–Crippen LogP) is 9.41. The van der Waals surface area contributed by atoms with Crippen molar-refractivity contribution in [1.29, 1.82) is 0 Å². The van der Waals surface area contributed by atoms with E-state index in [9.17, 15) is 0 Å². The first-order chi connectivity index (χ1) is 17.8. The molecule has 6 heterocycles. The zero-order valence-corrected chi connectivity index (χ0v) is 21.8. The molecular formula is C30H23N3S3. The first-order valence-electron chi connectivity index (χ1n) is 11.9. The van der Waals surface area contributed by atoms with Crippen molar-refractivity contribution in [3.05, 3.63) is 105 Å². The Morgan fingerprint density at radius 1 is 0.611 bits per heavy atom. The lowest BCUT2D eigenvalue weighted by Crippen LogP contribution is -2.09. The van der Waals surface area contributed by atoms with Gasteiger partial charge in [0.15, 0.2) is 0 Å². The molecule has 1 unspecified atom stereocenters. The van der Waals surface area contributed by atoms with Gasteiger partial charge in [-0.1, -0.05) is 6.08 Å². The third-order valence-electron chi connectivity index (χ3n) is 6.82. The summed E-state index contributed by atoms with van der Waals surface area (Å²) in [5.74, 6) is 0. The molecule has 36 heavy (non-hydrogen) atoms. The lowest BCUT2D eigenvalue weighted by Gasteiger charge is -2.15.